The molecule has 1 rings (SSSR count). The Balaban J connectivity index is 2.28. The monoisotopic (exact) mass is 466 g/mol. The molecule has 0 aromatic heterocycles. The highest BCUT2D eigenvalue weighted by Gasteiger charge is 2.25. The number of rotatable bonds is 10. The van der Waals surface area contributed by atoms with Gasteiger partial charge in [0.15, 0.2) is 12.2 Å². The molecule has 2 amide bonds. The number of alkyl carbamates (subject to hydrolysis) is 1. The van der Waals surface area contributed by atoms with Gasteiger partial charge in [-0.15, -0.1) is 0 Å². The summed E-state index contributed by atoms with van der Waals surface area (Å²) in [5.41, 5.74) is 0.0400. The van der Waals surface area contributed by atoms with Crippen LogP contribution in [-0.2, 0) is 44.7 Å². The summed E-state index contributed by atoms with van der Waals surface area (Å²) < 4.78 is 19.8. The van der Waals surface area contributed by atoms with Crippen LogP contribution in [0.25, 0.3) is 0 Å². The Morgan fingerprint density at radius 1 is 0.848 bits per heavy atom. The number of ether oxygens (including phenoxy) is 4. The second-order valence-corrected chi connectivity index (χ2v) is 7.93. The molecule has 1 aromatic rings. The summed E-state index contributed by atoms with van der Waals surface area (Å²) in [6, 6.07) is 8.96. The first kappa shape index (κ1) is 27.4. The third-order valence-electron chi connectivity index (χ3n) is 3.72. The lowest BCUT2D eigenvalue weighted by Crippen LogP contribution is -2.42. The van der Waals surface area contributed by atoms with Gasteiger partial charge < -0.3 is 29.6 Å². The van der Waals surface area contributed by atoms with Crippen LogP contribution in [0.4, 0.5) is 4.79 Å². The van der Waals surface area contributed by atoms with E-state index in [4.69, 9.17) is 18.9 Å². The molecule has 11 nitrogen and oxygen atoms in total. The van der Waals surface area contributed by atoms with Gasteiger partial charge in [-0.05, 0) is 40.2 Å². The first-order valence-electron chi connectivity index (χ1n) is 10.2. The van der Waals surface area contributed by atoms with Crippen LogP contribution in [-0.4, -0.2) is 60.8 Å². The van der Waals surface area contributed by atoms with Crippen molar-refractivity contribution in [1.29, 1.82) is 0 Å². The van der Waals surface area contributed by atoms with E-state index in [0.29, 0.717) is 0 Å². The maximum Gasteiger partial charge on any atom is 0.407 e. The zero-order valence-corrected chi connectivity index (χ0v) is 19.3. The molecule has 2 N–H and O–H groups in total. The van der Waals surface area contributed by atoms with Crippen LogP contribution in [0.1, 0.15) is 40.2 Å². The molecule has 0 heterocycles. The number of nitrogens with one attached hydrogen (secondary N) is 2. The van der Waals surface area contributed by atoms with Gasteiger partial charge in [-0.25, -0.2) is 9.59 Å². The van der Waals surface area contributed by atoms with Gasteiger partial charge in [-0.2, -0.15) is 0 Å². The van der Waals surface area contributed by atoms with E-state index >= 15 is 0 Å². The molecule has 0 aliphatic carbocycles. The van der Waals surface area contributed by atoms with Gasteiger partial charge in [0, 0.05) is 0 Å². The molecule has 0 radical (unpaired) electrons. The molecule has 0 unspecified atom stereocenters. The fraction of sp³-hybridized carbons (Fsp3) is 0.500. The molecular formula is C22H30N2O9. The minimum Gasteiger partial charge on any atom is -0.457 e. The van der Waals surface area contributed by atoms with E-state index in [1.54, 1.807) is 45.0 Å². The zero-order chi connectivity index (χ0) is 25.0. The Morgan fingerprint density at radius 3 is 1.97 bits per heavy atom. The van der Waals surface area contributed by atoms with Crippen molar-refractivity contribution in [2.45, 2.75) is 59.0 Å². The second-order valence-electron chi connectivity index (χ2n) is 7.93. The quantitative estimate of drug-likeness (QED) is 0.384. The average Bonchev–Trinajstić information content (AvgIpc) is 2.74. The average molecular weight is 466 g/mol. The Kier molecular flexibility index (Phi) is 10.8. The molecule has 0 saturated carbocycles. The second kappa shape index (κ2) is 13.0. The minimum atomic E-state index is -1.24. The lowest BCUT2D eigenvalue weighted by atomic mass is 10.2. The number of carbonyl (C=O) groups excluding carboxylic acids is 5. The summed E-state index contributed by atoms with van der Waals surface area (Å²) in [6.45, 7) is 6.62. The summed E-state index contributed by atoms with van der Waals surface area (Å²) in [5.74, 6) is -3.24. The summed E-state index contributed by atoms with van der Waals surface area (Å²) in [4.78, 5) is 59.0. The molecule has 11 heteroatoms. The van der Waals surface area contributed by atoms with E-state index in [1.807, 2.05) is 6.07 Å². The van der Waals surface area contributed by atoms with E-state index in [2.05, 4.69) is 10.6 Å². The molecular weight excluding hydrogens is 436 g/mol. The van der Waals surface area contributed by atoms with Gasteiger partial charge in [-0.3, -0.25) is 14.4 Å². The van der Waals surface area contributed by atoms with E-state index < -0.39 is 60.8 Å². The molecule has 0 saturated heterocycles. The van der Waals surface area contributed by atoms with E-state index in [0.717, 1.165) is 5.56 Å². The predicted molar refractivity (Wildman–Crippen MR) is 115 cm³/mol. The van der Waals surface area contributed by atoms with E-state index in [9.17, 15) is 24.0 Å². The van der Waals surface area contributed by atoms with Crippen molar-refractivity contribution in [2.75, 3.05) is 13.1 Å². The highest BCUT2D eigenvalue weighted by molar-refractivity contribution is 5.88. The summed E-state index contributed by atoms with van der Waals surface area (Å²) in [7, 11) is 0. The lowest BCUT2D eigenvalue weighted by Gasteiger charge is -2.22. The molecule has 0 aliphatic rings. The first-order valence-corrected chi connectivity index (χ1v) is 10.2. The summed E-state index contributed by atoms with van der Waals surface area (Å²) in [5, 5.41) is 4.44. The molecule has 2 atom stereocenters. The Labute approximate surface area is 192 Å². The van der Waals surface area contributed by atoms with Crippen LogP contribution in [0.15, 0.2) is 30.3 Å². The predicted octanol–water partition coefficient (Wildman–Crippen LogP) is 1.23. The molecule has 0 spiro atoms. The van der Waals surface area contributed by atoms with Gasteiger partial charge in [0.2, 0.25) is 0 Å². The Bertz CT molecular complexity index is 834. The van der Waals surface area contributed by atoms with Gasteiger partial charge in [0.1, 0.15) is 25.3 Å². The van der Waals surface area contributed by atoms with Crippen molar-refractivity contribution < 1.29 is 42.9 Å². The summed E-state index contributed by atoms with van der Waals surface area (Å²) >= 11 is 0. The van der Waals surface area contributed by atoms with Crippen LogP contribution in [0.2, 0.25) is 0 Å². The minimum absolute atomic E-state index is 0.0309. The molecule has 182 valence electrons. The number of carbonyl (C=O) groups is 5. The van der Waals surface area contributed by atoms with Crippen molar-refractivity contribution in [3.05, 3.63) is 35.9 Å². The van der Waals surface area contributed by atoms with Crippen LogP contribution in [0, 0.1) is 0 Å². The van der Waals surface area contributed by atoms with Gasteiger partial charge >= 0.3 is 24.0 Å². The van der Waals surface area contributed by atoms with E-state index in [-0.39, 0.29) is 6.61 Å². The molecule has 33 heavy (non-hydrogen) atoms. The van der Waals surface area contributed by atoms with Gasteiger partial charge in [0.05, 0.1) is 0 Å². The molecule has 0 aliphatic heterocycles. The van der Waals surface area contributed by atoms with E-state index in [1.165, 1.54) is 13.8 Å². The lowest BCUT2D eigenvalue weighted by molar-refractivity contribution is -0.174. The third-order valence-corrected chi connectivity index (χ3v) is 3.72. The largest absolute Gasteiger partial charge is 0.457 e. The number of benzene rings is 1. The fourth-order valence-corrected chi connectivity index (χ4v) is 2.19. The van der Waals surface area contributed by atoms with Crippen molar-refractivity contribution in [3.8, 4) is 0 Å². The first-order chi connectivity index (χ1) is 15.4. The van der Waals surface area contributed by atoms with Crippen LogP contribution < -0.4 is 10.6 Å². The Morgan fingerprint density at radius 2 is 1.39 bits per heavy atom. The number of hydrogen-bond donors (Lipinski definition) is 2. The SMILES string of the molecule is C[C@H](OC(=O)CNC(=O)OCc1ccccc1)C(=O)NCC(=O)O[C@@H](C)C(=O)OC(C)(C)C. The normalized spacial score (nSPS) is 12.5. The topological polar surface area (TPSA) is 146 Å². The highest BCUT2D eigenvalue weighted by atomic mass is 16.6. The van der Waals surface area contributed by atoms with Gasteiger partial charge in [-0.1, -0.05) is 30.3 Å². The molecule has 1 aromatic carbocycles. The number of hydrogen-bond acceptors (Lipinski definition) is 9. The molecule has 0 bridgehead atoms. The summed E-state index contributed by atoms with van der Waals surface area (Å²) in [6.07, 6.45) is -3.22. The number of esters is 3. The van der Waals surface area contributed by atoms with Crippen molar-refractivity contribution in [2.24, 2.45) is 0 Å². The van der Waals surface area contributed by atoms with Crippen molar-refractivity contribution in [1.82, 2.24) is 10.6 Å². The standard InChI is InChI=1S/C22H30N2O9/c1-14(19(27)23-11-17(25)32-15(2)20(28)33-22(3,4)5)31-18(26)12-24-21(29)30-13-16-9-7-6-8-10-16/h6-10,14-15H,11-13H2,1-5H3,(H,23,27)(H,24,29)/t14-,15-/m0/s1. The highest BCUT2D eigenvalue weighted by Crippen LogP contribution is 2.09. The van der Waals surface area contributed by atoms with Crippen LogP contribution in [0.3, 0.4) is 0 Å². The van der Waals surface area contributed by atoms with Crippen molar-refractivity contribution in [3.63, 3.8) is 0 Å². The molecule has 0 fully saturated rings. The number of amides is 2. The fourth-order valence-electron chi connectivity index (χ4n) is 2.19. The van der Waals surface area contributed by atoms with Crippen LogP contribution in [0.5, 0.6) is 0 Å². The van der Waals surface area contributed by atoms with Gasteiger partial charge in [0.25, 0.3) is 5.91 Å². The zero-order valence-electron chi connectivity index (χ0n) is 19.3. The maximum absolute atomic E-state index is 12.0. The smallest absolute Gasteiger partial charge is 0.407 e. The third kappa shape index (κ3) is 12.1. The van der Waals surface area contributed by atoms with Crippen LogP contribution >= 0.6 is 0 Å². The van der Waals surface area contributed by atoms with Crippen molar-refractivity contribution >= 4 is 29.9 Å². The Hall–Kier alpha value is -3.63. The maximum atomic E-state index is 12.0.